The second kappa shape index (κ2) is 9.52. The van der Waals surface area contributed by atoms with Crippen molar-refractivity contribution in [3.8, 4) is 11.5 Å². The van der Waals surface area contributed by atoms with E-state index < -0.39 is 0 Å². The number of nitrogens with one attached hydrogen (secondary N) is 2. The van der Waals surface area contributed by atoms with Gasteiger partial charge in [-0.05, 0) is 103 Å². The van der Waals surface area contributed by atoms with Crippen LogP contribution in [-0.4, -0.2) is 5.91 Å². The molecule has 4 nitrogen and oxygen atoms in total. The molecule has 5 atom stereocenters. The predicted octanol–water partition coefficient (Wildman–Crippen LogP) is 8.68. The van der Waals surface area contributed by atoms with Gasteiger partial charge in [0.25, 0.3) is 5.91 Å². The number of carbonyl (C=O) groups is 1. The van der Waals surface area contributed by atoms with Crippen LogP contribution in [0.1, 0.15) is 52.7 Å². The number of carbonyl (C=O) groups excluding carboxylic acids is 1. The molecule has 2 saturated carbocycles. The lowest BCUT2D eigenvalue weighted by Crippen LogP contribution is -2.35. The Balaban J connectivity index is 1.19. The molecule has 4 aromatic carbocycles. The van der Waals surface area contributed by atoms with Crippen LogP contribution in [0.25, 0.3) is 0 Å². The molecule has 2 bridgehead atoms. The van der Waals surface area contributed by atoms with Crippen LogP contribution in [0.3, 0.4) is 0 Å². The Morgan fingerprint density at radius 3 is 2.45 bits per heavy atom. The van der Waals surface area contributed by atoms with Crippen LogP contribution in [0, 0.1) is 17.8 Å². The zero-order chi connectivity index (χ0) is 25.6. The lowest BCUT2D eigenvalue weighted by molar-refractivity contribution is 0.102. The lowest BCUT2D eigenvalue weighted by Gasteiger charge is -2.43. The molecule has 2 fully saturated rings. The number of halogens is 1. The first-order valence-corrected chi connectivity index (χ1v) is 13.8. The number of fused-ring (bicyclic) bond motifs is 7. The predicted molar refractivity (Wildman–Crippen MR) is 152 cm³/mol. The van der Waals surface area contributed by atoms with E-state index in [2.05, 4.69) is 53.1 Å². The molecule has 4 aromatic rings. The van der Waals surface area contributed by atoms with Gasteiger partial charge in [0.05, 0.1) is 11.7 Å². The molecule has 38 heavy (non-hydrogen) atoms. The maximum absolute atomic E-state index is 13.5. The Bertz CT molecular complexity index is 1490. The fourth-order valence-electron chi connectivity index (χ4n) is 7.12. The first-order valence-electron chi connectivity index (χ1n) is 13.4. The van der Waals surface area contributed by atoms with E-state index in [4.69, 9.17) is 16.3 Å². The Hall–Kier alpha value is -3.76. The molecule has 0 saturated heterocycles. The van der Waals surface area contributed by atoms with Crippen molar-refractivity contribution in [3.05, 3.63) is 119 Å². The second-order valence-corrected chi connectivity index (χ2v) is 11.2. The molecule has 190 valence electrons. The van der Waals surface area contributed by atoms with Crippen LogP contribution < -0.4 is 15.4 Å². The summed E-state index contributed by atoms with van der Waals surface area (Å²) in [5, 5.41) is 7.45. The van der Waals surface area contributed by atoms with Gasteiger partial charge in [-0.1, -0.05) is 60.1 Å². The van der Waals surface area contributed by atoms with Crippen molar-refractivity contribution >= 4 is 28.9 Å². The second-order valence-electron chi connectivity index (χ2n) is 10.8. The molecule has 1 heterocycles. The third-order valence-electron chi connectivity index (χ3n) is 8.67. The molecule has 5 heteroatoms. The van der Waals surface area contributed by atoms with Crippen LogP contribution in [0.5, 0.6) is 11.5 Å². The number of benzene rings is 4. The highest BCUT2D eigenvalue weighted by Crippen LogP contribution is 2.63. The van der Waals surface area contributed by atoms with Gasteiger partial charge in [-0.2, -0.15) is 0 Å². The highest BCUT2D eigenvalue weighted by molar-refractivity contribution is 6.31. The van der Waals surface area contributed by atoms with Gasteiger partial charge in [0.1, 0.15) is 5.75 Å². The van der Waals surface area contributed by atoms with Crippen LogP contribution in [-0.2, 0) is 0 Å². The number of hydrogen-bond acceptors (Lipinski definition) is 3. The zero-order valence-electron chi connectivity index (χ0n) is 20.9. The number of rotatable bonds is 5. The highest BCUT2D eigenvalue weighted by atomic mass is 35.5. The standard InChI is InChI=1S/C33H29ClN2O2/c34-24-14-16-29(38-25-9-5-2-6-10-25)28(19-24)36-33(37)23-13-15-27-26(18-23)30-21-11-12-22(17-21)31(30)32(35-27)20-7-3-1-4-8-20/h1-10,13-16,18-19,21-22,30-32,35H,11-12,17H2,(H,36,37)/t21-,22-,30-,31+,32-/m0/s1. The van der Waals surface area contributed by atoms with Gasteiger partial charge < -0.3 is 15.4 Å². The van der Waals surface area contributed by atoms with Crippen molar-refractivity contribution in [1.82, 2.24) is 0 Å². The number of hydrogen-bond donors (Lipinski definition) is 2. The smallest absolute Gasteiger partial charge is 0.255 e. The summed E-state index contributed by atoms with van der Waals surface area (Å²) in [6.45, 7) is 0. The van der Waals surface area contributed by atoms with Crippen molar-refractivity contribution in [2.45, 2.75) is 31.2 Å². The van der Waals surface area contributed by atoms with Crippen LogP contribution in [0.15, 0.2) is 97.1 Å². The molecule has 0 spiro atoms. The van der Waals surface area contributed by atoms with Gasteiger partial charge in [0.2, 0.25) is 0 Å². The fraction of sp³-hybridized carbons (Fsp3) is 0.242. The van der Waals surface area contributed by atoms with Crippen LogP contribution in [0.2, 0.25) is 5.02 Å². The van der Waals surface area contributed by atoms with E-state index >= 15 is 0 Å². The first-order chi connectivity index (χ1) is 18.6. The topological polar surface area (TPSA) is 50.4 Å². The van der Waals surface area contributed by atoms with E-state index in [0.717, 1.165) is 11.6 Å². The summed E-state index contributed by atoms with van der Waals surface area (Å²) in [7, 11) is 0. The quantitative estimate of drug-likeness (QED) is 0.277. The molecule has 2 N–H and O–H groups in total. The summed E-state index contributed by atoms with van der Waals surface area (Å²) >= 11 is 6.29. The number of anilines is 2. The molecule has 2 aliphatic carbocycles. The van der Waals surface area contributed by atoms with Crippen molar-refractivity contribution in [2.75, 3.05) is 10.6 Å². The molecule has 0 aromatic heterocycles. The normalized spacial score (nSPS) is 24.7. The third-order valence-corrected chi connectivity index (χ3v) is 8.90. The lowest BCUT2D eigenvalue weighted by atomic mass is 9.68. The molecule has 7 rings (SSSR count). The maximum atomic E-state index is 13.5. The summed E-state index contributed by atoms with van der Waals surface area (Å²) < 4.78 is 6.05. The highest BCUT2D eigenvalue weighted by Gasteiger charge is 2.53. The van der Waals surface area contributed by atoms with E-state index in [1.165, 1.54) is 30.4 Å². The van der Waals surface area contributed by atoms with Gasteiger partial charge in [0, 0.05) is 16.3 Å². The molecule has 1 aliphatic heterocycles. The van der Waals surface area contributed by atoms with Crippen molar-refractivity contribution in [3.63, 3.8) is 0 Å². The van der Waals surface area contributed by atoms with Crippen molar-refractivity contribution in [2.24, 2.45) is 17.8 Å². The van der Waals surface area contributed by atoms with E-state index in [9.17, 15) is 4.79 Å². The largest absolute Gasteiger partial charge is 0.455 e. The van der Waals surface area contributed by atoms with E-state index in [1.54, 1.807) is 18.2 Å². The monoisotopic (exact) mass is 520 g/mol. The minimum absolute atomic E-state index is 0.169. The average molecular weight is 521 g/mol. The van der Waals surface area contributed by atoms with Crippen LogP contribution >= 0.6 is 11.6 Å². The van der Waals surface area contributed by atoms with Crippen molar-refractivity contribution in [1.29, 1.82) is 0 Å². The van der Waals surface area contributed by atoms with Gasteiger partial charge in [-0.3, -0.25) is 4.79 Å². The summed E-state index contributed by atoms with van der Waals surface area (Å²) in [5.41, 5.74) is 4.99. The molecule has 1 amide bonds. The van der Waals surface area contributed by atoms with Gasteiger partial charge in [-0.15, -0.1) is 0 Å². The Morgan fingerprint density at radius 2 is 1.63 bits per heavy atom. The summed E-state index contributed by atoms with van der Waals surface area (Å²) in [6.07, 6.45) is 3.89. The molecular weight excluding hydrogens is 492 g/mol. The number of amides is 1. The number of para-hydroxylation sites is 1. The minimum Gasteiger partial charge on any atom is -0.455 e. The first kappa shape index (κ1) is 23.4. The third kappa shape index (κ3) is 4.13. The molecule has 0 radical (unpaired) electrons. The maximum Gasteiger partial charge on any atom is 0.255 e. The van der Waals surface area contributed by atoms with E-state index in [0.29, 0.717) is 51.6 Å². The summed E-state index contributed by atoms with van der Waals surface area (Å²) in [4.78, 5) is 13.5. The van der Waals surface area contributed by atoms with Gasteiger partial charge in [0.15, 0.2) is 5.75 Å². The van der Waals surface area contributed by atoms with E-state index in [-0.39, 0.29) is 5.91 Å². The van der Waals surface area contributed by atoms with E-state index in [1.807, 2.05) is 36.4 Å². The summed E-state index contributed by atoms with van der Waals surface area (Å²) in [6, 6.07) is 32.1. The minimum atomic E-state index is -0.169. The molecular formula is C33H29ClN2O2. The van der Waals surface area contributed by atoms with Gasteiger partial charge in [-0.25, -0.2) is 0 Å². The SMILES string of the molecule is O=C(Nc1cc(Cl)ccc1Oc1ccccc1)c1ccc2c(c1)[C@@H]1[C@H]3CC[C@@H](C3)[C@H]1[C@H](c1ccccc1)N2. The zero-order valence-corrected chi connectivity index (χ0v) is 21.7. The summed E-state index contributed by atoms with van der Waals surface area (Å²) in [5.74, 6) is 3.53. The Kier molecular flexibility index (Phi) is 5.85. The van der Waals surface area contributed by atoms with Gasteiger partial charge >= 0.3 is 0 Å². The Morgan fingerprint density at radius 1 is 0.868 bits per heavy atom. The average Bonchev–Trinajstić information content (AvgIpc) is 3.58. The number of ether oxygens (including phenoxy) is 1. The van der Waals surface area contributed by atoms with Crippen LogP contribution in [0.4, 0.5) is 11.4 Å². The van der Waals surface area contributed by atoms with Crippen molar-refractivity contribution < 1.29 is 9.53 Å². The fourth-order valence-corrected chi connectivity index (χ4v) is 7.29. The molecule has 3 aliphatic rings. The molecule has 0 unspecified atom stereocenters. The Labute approximate surface area is 228 Å².